The number of rotatable bonds is 3. The summed E-state index contributed by atoms with van der Waals surface area (Å²) in [6.45, 7) is 2.23. The first-order chi connectivity index (χ1) is 8.43. The van der Waals surface area contributed by atoms with E-state index in [1.807, 2.05) is 24.3 Å². The van der Waals surface area contributed by atoms with E-state index in [1.165, 1.54) is 4.57 Å². The molecule has 0 amide bonds. The fourth-order valence-corrected chi connectivity index (χ4v) is 2.54. The lowest BCUT2D eigenvalue weighted by Gasteiger charge is -2.06. The second kappa shape index (κ2) is 4.79. The van der Waals surface area contributed by atoms with E-state index in [1.54, 1.807) is 6.92 Å². The average molecular weight is 331 g/mol. The van der Waals surface area contributed by atoms with E-state index < -0.39 is 10.0 Å². The molecule has 0 saturated heterocycles. The van der Waals surface area contributed by atoms with Gasteiger partial charge in [0.25, 0.3) is 15.2 Å². The van der Waals surface area contributed by atoms with Crippen LogP contribution in [-0.4, -0.2) is 23.2 Å². The minimum Gasteiger partial charge on any atom is -0.297 e. The molecule has 1 aromatic carbocycles. The number of nitrogens with zero attached hydrogens (tertiary/aromatic N) is 3. The highest BCUT2D eigenvalue weighted by Crippen LogP contribution is 2.22. The number of nitrogens with two attached hydrogens (primary N) is 1. The fourth-order valence-electron chi connectivity index (χ4n) is 1.60. The molecule has 0 fully saturated rings. The molecule has 2 N–H and O–H groups in total. The summed E-state index contributed by atoms with van der Waals surface area (Å²) in [5.74, 6) is 0.481. The highest BCUT2D eigenvalue weighted by atomic mass is 79.9. The van der Waals surface area contributed by atoms with Crippen molar-refractivity contribution in [2.45, 2.75) is 18.6 Å². The van der Waals surface area contributed by atoms with Crippen LogP contribution < -0.4 is 5.14 Å². The molecule has 0 aliphatic rings. The molecule has 8 heteroatoms. The number of aromatic nitrogens is 3. The summed E-state index contributed by atoms with van der Waals surface area (Å²) in [7, 11) is -3.86. The van der Waals surface area contributed by atoms with Crippen LogP contribution in [-0.2, 0) is 16.6 Å². The highest BCUT2D eigenvalue weighted by molar-refractivity contribution is 9.10. The lowest BCUT2D eigenvalue weighted by molar-refractivity contribution is 0.571. The van der Waals surface area contributed by atoms with Crippen LogP contribution in [0.5, 0.6) is 0 Å². The number of hydrogen-bond donors (Lipinski definition) is 1. The first-order valence-corrected chi connectivity index (χ1v) is 7.49. The van der Waals surface area contributed by atoms with Crippen molar-refractivity contribution in [2.75, 3.05) is 0 Å². The van der Waals surface area contributed by atoms with Gasteiger partial charge in [0, 0.05) is 16.6 Å². The average Bonchev–Trinajstić information content (AvgIpc) is 2.73. The van der Waals surface area contributed by atoms with Crippen LogP contribution in [0.25, 0.3) is 11.4 Å². The van der Waals surface area contributed by atoms with Gasteiger partial charge in [-0.1, -0.05) is 28.1 Å². The summed E-state index contributed by atoms with van der Waals surface area (Å²) in [5, 5.41) is 12.4. The molecule has 0 atom stereocenters. The molecule has 0 spiro atoms. The molecule has 2 rings (SSSR count). The molecule has 2 aromatic rings. The standard InChI is InChI=1S/C10H11BrN4O2S/c1-2-15-9(7-3-5-8(11)6-4-7)13-14-10(15)18(12,16)17/h3-6H,2H2,1H3,(H2,12,16,17). The zero-order valence-electron chi connectivity index (χ0n) is 9.54. The monoisotopic (exact) mass is 330 g/mol. The van der Waals surface area contributed by atoms with Crippen LogP contribution in [0.15, 0.2) is 33.9 Å². The van der Waals surface area contributed by atoms with Gasteiger partial charge in [0.05, 0.1) is 0 Å². The van der Waals surface area contributed by atoms with Gasteiger partial charge in [-0.15, -0.1) is 10.2 Å². The van der Waals surface area contributed by atoms with Crippen molar-refractivity contribution in [3.05, 3.63) is 28.7 Å². The van der Waals surface area contributed by atoms with Gasteiger partial charge in [-0.2, -0.15) is 0 Å². The molecule has 96 valence electrons. The summed E-state index contributed by atoms with van der Waals surface area (Å²) in [6, 6.07) is 7.35. The van der Waals surface area contributed by atoms with Crippen LogP contribution in [0.4, 0.5) is 0 Å². The van der Waals surface area contributed by atoms with E-state index in [9.17, 15) is 8.42 Å². The van der Waals surface area contributed by atoms with Crippen LogP contribution >= 0.6 is 15.9 Å². The number of hydrogen-bond acceptors (Lipinski definition) is 4. The Morgan fingerprint density at radius 1 is 1.28 bits per heavy atom. The van der Waals surface area contributed by atoms with Crippen molar-refractivity contribution in [1.29, 1.82) is 0 Å². The van der Waals surface area contributed by atoms with E-state index in [4.69, 9.17) is 5.14 Å². The van der Waals surface area contributed by atoms with Gasteiger partial charge < -0.3 is 0 Å². The SMILES string of the molecule is CCn1c(-c2ccc(Br)cc2)nnc1S(N)(=O)=O. The van der Waals surface area contributed by atoms with E-state index in [-0.39, 0.29) is 5.16 Å². The van der Waals surface area contributed by atoms with E-state index in [2.05, 4.69) is 26.1 Å². The molecule has 18 heavy (non-hydrogen) atoms. The summed E-state index contributed by atoms with van der Waals surface area (Å²) in [6.07, 6.45) is 0. The predicted octanol–water partition coefficient (Wildman–Crippen LogP) is 1.37. The van der Waals surface area contributed by atoms with Crippen molar-refractivity contribution in [1.82, 2.24) is 14.8 Å². The zero-order chi connectivity index (χ0) is 13.3. The lowest BCUT2D eigenvalue weighted by Crippen LogP contribution is -2.18. The first kappa shape index (κ1) is 13.2. The second-order valence-corrected chi connectivity index (χ2v) is 5.97. The Labute approximate surface area is 113 Å². The molecule has 0 bridgehead atoms. The minimum atomic E-state index is -3.86. The summed E-state index contributed by atoms with van der Waals surface area (Å²) >= 11 is 3.33. The van der Waals surface area contributed by atoms with Crippen LogP contribution in [0.1, 0.15) is 6.92 Å². The second-order valence-electron chi connectivity index (χ2n) is 3.60. The van der Waals surface area contributed by atoms with Gasteiger partial charge in [0.2, 0.25) is 0 Å². The Hall–Kier alpha value is -1.25. The van der Waals surface area contributed by atoms with E-state index in [0.29, 0.717) is 12.4 Å². The quantitative estimate of drug-likeness (QED) is 0.920. The molecule has 6 nitrogen and oxygen atoms in total. The summed E-state index contributed by atoms with van der Waals surface area (Å²) < 4.78 is 25.1. The fraction of sp³-hybridized carbons (Fsp3) is 0.200. The molecule has 0 aliphatic carbocycles. The maximum Gasteiger partial charge on any atom is 0.273 e. The molecule has 0 aliphatic heterocycles. The van der Waals surface area contributed by atoms with Crippen molar-refractivity contribution >= 4 is 26.0 Å². The normalized spacial score (nSPS) is 11.7. The van der Waals surface area contributed by atoms with Gasteiger partial charge >= 0.3 is 0 Å². The third-order valence-corrected chi connectivity index (χ3v) is 3.73. The van der Waals surface area contributed by atoms with Gasteiger partial charge in [-0.25, -0.2) is 13.6 Å². The molecule has 0 radical (unpaired) electrons. The molecular weight excluding hydrogens is 320 g/mol. The van der Waals surface area contributed by atoms with Gasteiger partial charge in [0.15, 0.2) is 5.82 Å². The smallest absolute Gasteiger partial charge is 0.273 e. The molecular formula is C10H11BrN4O2S. The zero-order valence-corrected chi connectivity index (χ0v) is 11.9. The van der Waals surface area contributed by atoms with Crippen molar-refractivity contribution in [3.63, 3.8) is 0 Å². The van der Waals surface area contributed by atoms with Crippen LogP contribution in [0.3, 0.4) is 0 Å². The Balaban J connectivity index is 2.59. The van der Waals surface area contributed by atoms with E-state index >= 15 is 0 Å². The van der Waals surface area contributed by atoms with Gasteiger partial charge in [0.1, 0.15) is 0 Å². The Kier molecular flexibility index (Phi) is 3.51. The summed E-state index contributed by atoms with van der Waals surface area (Å²) in [5.41, 5.74) is 0.780. The highest BCUT2D eigenvalue weighted by Gasteiger charge is 2.20. The number of benzene rings is 1. The number of halogens is 1. The van der Waals surface area contributed by atoms with Crippen LogP contribution in [0.2, 0.25) is 0 Å². The van der Waals surface area contributed by atoms with Crippen molar-refractivity contribution in [2.24, 2.45) is 5.14 Å². The van der Waals surface area contributed by atoms with Gasteiger partial charge in [-0.3, -0.25) is 4.57 Å². The molecule has 1 aromatic heterocycles. The van der Waals surface area contributed by atoms with Crippen molar-refractivity contribution < 1.29 is 8.42 Å². The number of sulfonamides is 1. The predicted molar refractivity (Wildman–Crippen MR) is 70.2 cm³/mol. The minimum absolute atomic E-state index is 0.220. The Morgan fingerprint density at radius 2 is 1.89 bits per heavy atom. The molecule has 0 saturated carbocycles. The maximum atomic E-state index is 11.4. The largest absolute Gasteiger partial charge is 0.297 e. The maximum absolute atomic E-state index is 11.4. The van der Waals surface area contributed by atoms with Gasteiger partial charge in [-0.05, 0) is 19.1 Å². The first-order valence-electron chi connectivity index (χ1n) is 5.15. The summed E-state index contributed by atoms with van der Waals surface area (Å²) in [4.78, 5) is 0. The molecule has 1 heterocycles. The third kappa shape index (κ3) is 2.45. The van der Waals surface area contributed by atoms with Crippen molar-refractivity contribution in [3.8, 4) is 11.4 Å². The topological polar surface area (TPSA) is 90.9 Å². The Morgan fingerprint density at radius 3 is 2.39 bits per heavy atom. The lowest BCUT2D eigenvalue weighted by atomic mass is 10.2. The molecule has 0 unspecified atom stereocenters. The number of primary sulfonamides is 1. The third-order valence-electron chi connectivity index (χ3n) is 2.39. The van der Waals surface area contributed by atoms with E-state index in [0.717, 1.165) is 10.0 Å². The van der Waals surface area contributed by atoms with Crippen LogP contribution in [0, 0.1) is 0 Å². The Bertz CT molecular complexity index is 664.